The Morgan fingerprint density at radius 1 is 0.206 bits per heavy atom. The van der Waals surface area contributed by atoms with Gasteiger partial charge in [-0.25, -0.2) is 0 Å². The van der Waals surface area contributed by atoms with E-state index in [1.807, 2.05) is 0 Å². The van der Waals surface area contributed by atoms with E-state index in [2.05, 4.69) is 0 Å². The summed E-state index contributed by atoms with van der Waals surface area (Å²) in [4.78, 5) is 0. The molecule has 0 nitrogen and oxygen atoms in total. The summed E-state index contributed by atoms with van der Waals surface area (Å²) in [6.07, 6.45) is 0. The molecule has 182 valence electrons. The fraction of sp³-hybridized carbons (Fsp3) is 0. The standard InChI is InChI=1S/3C6F5.Sb/c3*7-2-1-3(8)5(10)6(11)4(2)9;. The molecule has 0 bridgehead atoms. The van der Waals surface area contributed by atoms with Crippen molar-refractivity contribution in [1.29, 1.82) is 0 Å². The summed E-state index contributed by atoms with van der Waals surface area (Å²) in [5.41, 5.74) is 0. The van der Waals surface area contributed by atoms with Gasteiger partial charge in [-0.2, -0.15) is 0 Å². The van der Waals surface area contributed by atoms with Crippen molar-refractivity contribution in [3.63, 3.8) is 0 Å². The summed E-state index contributed by atoms with van der Waals surface area (Å²) < 4.78 is 202. The van der Waals surface area contributed by atoms with Gasteiger partial charge >= 0.3 is 184 Å². The van der Waals surface area contributed by atoms with E-state index in [9.17, 15) is 65.9 Å². The summed E-state index contributed by atoms with van der Waals surface area (Å²) in [5, 5.41) is 0. The molecule has 0 heterocycles. The average molecular weight is 623 g/mol. The number of halogens is 15. The monoisotopic (exact) mass is 622 g/mol. The molecule has 0 aromatic heterocycles. The molecule has 0 amide bonds. The third-order valence-electron chi connectivity index (χ3n) is 4.23. The quantitative estimate of drug-likeness (QED) is 0.177. The summed E-state index contributed by atoms with van der Waals surface area (Å²) in [7, 11) is 0. The van der Waals surface area contributed by atoms with Gasteiger partial charge < -0.3 is 0 Å². The van der Waals surface area contributed by atoms with Gasteiger partial charge in [0, 0.05) is 0 Å². The van der Waals surface area contributed by atoms with Crippen molar-refractivity contribution < 1.29 is 65.9 Å². The van der Waals surface area contributed by atoms with E-state index in [4.69, 9.17) is 0 Å². The minimum absolute atomic E-state index is 2.49. The van der Waals surface area contributed by atoms with E-state index in [0.29, 0.717) is 0 Å². The Labute approximate surface area is 184 Å². The number of hydrogen-bond donors (Lipinski definition) is 0. The zero-order valence-corrected chi connectivity index (χ0v) is 17.7. The molecule has 3 aromatic rings. The second kappa shape index (κ2) is 8.90. The number of rotatable bonds is 3. The van der Waals surface area contributed by atoms with Crippen molar-refractivity contribution in [2.45, 2.75) is 0 Å². The molecule has 0 saturated heterocycles. The Hall–Kier alpha value is -2.57. The van der Waals surface area contributed by atoms with Crippen LogP contribution in [0.1, 0.15) is 0 Å². The van der Waals surface area contributed by atoms with Crippen LogP contribution in [0.2, 0.25) is 0 Å². The maximum atomic E-state index is 14.4. The molecule has 3 rings (SSSR count). The molecule has 0 atom stereocenters. The average Bonchev–Trinajstić information content (AvgIpc) is 2.81. The van der Waals surface area contributed by atoms with Gasteiger partial charge in [0.25, 0.3) is 0 Å². The van der Waals surface area contributed by atoms with Gasteiger partial charge in [-0.05, 0) is 0 Å². The molecule has 0 aliphatic carbocycles. The molecule has 0 saturated carbocycles. The molecule has 0 N–H and O–H groups in total. The van der Waals surface area contributed by atoms with Crippen molar-refractivity contribution in [1.82, 2.24) is 0 Å². The van der Waals surface area contributed by atoms with Gasteiger partial charge in [0.1, 0.15) is 0 Å². The SMILES string of the molecule is Fc1c(F)c(F)[c]([Sb]([c]2c(F)c(F)c(F)c(F)c2F)[c]2c(F)c(F)c(F)c(F)c2F)c(F)c1F. The predicted molar refractivity (Wildman–Crippen MR) is 83.4 cm³/mol. The summed E-state index contributed by atoms with van der Waals surface area (Å²) in [5.74, 6) is -44.4. The van der Waals surface area contributed by atoms with Crippen LogP contribution < -0.4 is 10.5 Å². The molecule has 0 aliphatic rings. The molecule has 0 radical (unpaired) electrons. The fourth-order valence-corrected chi connectivity index (χ4v) is 9.66. The van der Waals surface area contributed by atoms with Crippen molar-refractivity contribution in [3.8, 4) is 0 Å². The van der Waals surface area contributed by atoms with E-state index < -0.39 is 118 Å². The van der Waals surface area contributed by atoms with Gasteiger partial charge in [0.05, 0.1) is 0 Å². The van der Waals surface area contributed by atoms with Crippen molar-refractivity contribution in [2.75, 3.05) is 0 Å². The molecule has 0 spiro atoms. The van der Waals surface area contributed by atoms with E-state index in [1.165, 1.54) is 0 Å². The molecule has 16 heteroatoms. The Morgan fingerprint density at radius 2 is 0.324 bits per heavy atom. The van der Waals surface area contributed by atoms with Crippen LogP contribution >= 0.6 is 0 Å². The maximum absolute atomic E-state index is 14.4. The molecular weight excluding hydrogens is 623 g/mol. The first-order valence-electron chi connectivity index (χ1n) is 8.01. The minimum atomic E-state index is -6.61. The fourth-order valence-electron chi connectivity index (χ4n) is 2.70. The van der Waals surface area contributed by atoms with Gasteiger partial charge in [0.15, 0.2) is 0 Å². The van der Waals surface area contributed by atoms with E-state index in [0.717, 1.165) is 0 Å². The van der Waals surface area contributed by atoms with Crippen LogP contribution in [0, 0.1) is 87.3 Å². The Balaban J connectivity index is 2.68. The molecular formula is C18F15Sb. The number of benzene rings is 3. The second-order valence-corrected chi connectivity index (χ2v) is 11.8. The van der Waals surface area contributed by atoms with Gasteiger partial charge in [-0.1, -0.05) is 0 Å². The first-order chi connectivity index (χ1) is 15.7. The van der Waals surface area contributed by atoms with Gasteiger partial charge in [0.2, 0.25) is 0 Å². The van der Waals surface area contributed by atoms with Gasteiger partial charge in [-0.3, -0.25) is 0 Å². The van der Waals surface area contributed by atoms with Crippen LogP contribution in [-0.2, 0) is 0 Å². The third kappa shape index (κ3) is 3.59. The topological polar surface area (TPSA) is 0 Å². The first kappa shape index (κ1) is 26.0. The van der Waals surface area contributed by atoms with Crippen LogP contribution in [-0.4, -0.2) is 20.2 Å². The van der Waals surface area contributed by atoms with E-state index in [-0.39, 0.29) is 0 Å². The Morgan fingerprint density at radius 3 is 0.471 bits per heavy atom. The molecule has 0 aliphatic heterocycles. The molecule has 0 fully saturated rings. The molecule has 34 heavy (non-hydrogen) atoms. The number of hydrogen-bond acceptors (Lipinski definition) is 0. The summed E-state index contributed by atoms with van der Waals surface area (Å²) in [6, 6.07) is 0. The van der Waals surface area contributed by atoms with Crippen LogP contribution in [0.5, 0.6) is 0 Å². The van der Waals surface area contributed by atoms with Crippen LogP contribution in [0.3, 0.4) is 0 Å². The van der Waals surface area contributed by atoms with E-state index >= 15 is 0 Å². The Kier molecular flexibility index (Phi) is 6.81. The molecule has 3 aromatic carbocycles. The normalized spacial score (nSPS) is 11.6. The first-order valence-corrected chi connectivity index (χ1v) is 11.8. The van der Waals surface area contributed by atoms with Crippen LogP contribution in [0.25, 0.3) is 0 Å². The van der Waals surface area contributed by atoms with Gasteiger partial charge in [-0.15, -0.1) is 0 Å². The molecule has 0 unspecified atom stereocenters. The van der Waals surface area contributed by atoms with Crippen molar-refractivity contribution in [3.05, 3.63) is 87.3 Å². The van der Waals surface area contributed by atoms with Crippen molar-refractivity contribution in [2.24, 2.45) is 0 Å². The predicted octanol–water partition coefficient (Wildman–Crippen LogP) is 4.29. The Bertz CT molecular complexity index is 1110. The van der Waals surface area contributed by atoms with Crippen LogP contribution in [0.15, 0.2) is 0 Å². The zero-order valence-electron chi connectivity index (χ0n) is 15.1. The van der Waals surface area contributed by atoms with E-state index in [1.54, 1.807) is 0 Å². The summed E-state index contributed by atoms with van der Waals surface area (Å²) >= 11 is -6.61. The zero-order chi connectivity index (χ0) is 26.0. The second-order valence-electron chi connectivity index (χ2n) is 6.09. The summed E-state index contributed by atoms with van der Waals surface area (Å²) in [6.45, 7) is 0. The van der Waals surface area contributed by atoms with Crippen LogP contribution in [0.4, 0.5) is 65.9 Å². The van der Waals surface area contributed by atoms with Crippen molar-refractivity contribution >= 4 is 30.7 Å². The third-order valence-corrected chi connectivity index (χ3v) is 11.4.